The number of amides is 1. The van der Waals surface area contributed by atoms with Crippen molar-refractivity contribution in [3.63, 3.8) is 0 Å². The molecular weight excluding hydrogens is 362 g/mol. The number of benzene rings is 1. The van der Waals surface area contributed by atoms with Crippen LogP contribution in [0.15, 0.2) is 24.3 Å². The maximum atomic E-state index is 12.4. The minimum atomic E-state index is -0.376. The van der Waals surface area contributed by atoms with Gasteiger partial charge < -0.3 is 16.4 Å². The van der Waals surface area contributed by atoms with E-state index in [4.69, 9.17) is 16.5 Å². The summed E-state index contributed by atoms with van der Waals surface area (Å²) in [5.74, 6) is 0.833. The third-order valence-corrected chi connectivity index (χ3v) is 6.80. The average Bonchev–Trinajstić information content (AvgIpc) is 3.31. The Morgan fingerprint density at radius 2 is 1.86 bits per heavy atom. The number of rotatable bonds is 3. The minimum absolute atomic E-state index is 0. The zero-order valence-electron chi connectivity index (χ0n) is 16.4. The number of pyridine rings is 1. The fraction of sp³-hybridized carbons (Fsp3) is 0.478. The van der Waals surface area contributed by atoms with Crippen LogP contribution in [0.3, 0.4) is 0 Å². The Kier molecular flexibility index (Phi) is 4.77. The van der Waals surface area contributed by atoms with Crippen LogP contribution in [0.1, 0.15) is 55.1 Å². The van der Waals surface area contributed by atoms with Gasteiger partial charge in [0, 0.05) is 13.1 Å². The van der Waals surface area contributed by atoms with Crippen molar-refractivity contribution in [2.24, 2.45) is 16.9 Å². The fourth-order valence-electron chi connectivity index (χ4n) is 5.00. The number of anilines is 1. The van der Waals surface area contributed by atoms with Gasteiger partial charge in [0.15, 0.2) is 5.65 Å². The molecule has 2 aromatic heterocycles. The number of primary amides is 1. The summed E-state index contributed by atoms with van der Waals surface area (Å²) >= 11 is 0. The molecule has 0 bridgehead atoms. The highest BCUT2D eigenvalue weighted by Crippen LogP contribution is 2.40. The van der Waals surface area contributed by atoms with E-state index in [9.17, 15) is 4.79 Å². The Hall–Kier alpha value is -2.60. The smallest absolute Gasteiger partial charge is 0.252 e. The summed E-state index contributed by atoms with van der Waals surface area (Å²) in [7, 11) is 0. The van der Waals surface area contributed by atoms with Crippen molar-refractivity contribution in [1.82, 2.24) is 9.38 Å². The Bertz CT molecular complexity index is 1090. The van der Waals surface area contributed by atoms with Crippen LogP contribution in [0, 0.1) is 5.41 Å². The number of piperidine rings is 1. The van der Waals surface area contributed by atoms with Crippen molar-refractivity contribution >= 4 is 28.4 Å². The maximum absolute atomic E-state index is 12.4. The van der Waals surface area contributed by atoms with Gasteiger partial charge in [-0.2, -0.15) is 0 Å². The van der Waals surface area contributed by atoms with Crippen LogP contribution < -0.4 is 16.4 Å². The average molecular weight is 394 g/mol. The molecule has 5 rings (SSSR count). The molecule has 0 spiro atoms. The molecule has 1 aromatic carbocycles. The molecule has 6 heteroatoms. The van der Waals surface area contributed by atoms with Crippen LogP contribution in [0.5, 0.6) is 0 Å². The first-order chi connectivity index (χ1) is 13.5. The first kappa shape index (κ1) is 19.7. The molecule has 1 aliphatic carbocycles. The second kappa shape index (κ2) is 7.02. The summed E-state index contributed by atoms with van der Waals surface area (Å²) in [6.07, 6.45) is 5.09. The van der Waals surface area contributed by atoms with Crippen LogP contribution in [-0.4, -0.2) is 34.9 Å². The highest BCUT2D eigenvalue weighted by atomic mass is 16.1. The van der Waals surface area contributed by atoms with Gasteiger partial charge in [0.05, 0.1) is 16.6 Å². The lowest BCUT2D eigenvalue weighted by Crippen LogP contribution is -2.43. The molecule has 1 saturated heterocycles. The SMILES string of the molecule is C.CC1(CN)CCN(c2c3c(c(C(N)=O)c4nc5ccccc5n24)CCC3)CC1. The molecule has 0 atom stereocenters. The summed E-state index contributed by atoms with van der Waals surface area (Å²) < 4.78 is 2.19. The summed E-state index contributed by atoms with van der Waals surface area (Å²) in [5.41, 5.74) is 17.7. The molecular formula is C23H31N5O. The van der Waals surface area contributed by atoms with E-state index < -0.39 is 0 Å². The number of nitrogens with two attached hydrogens (primary N) is 2. The first-order valence-corrected chi connectivity index (χ1v) is 10.2. The second-order valence-corrected chi connectivity index (χ2v) is 8.63. The van der Waals surface area contributed by atoms with Crippen LogP contribution in [0.25, 0.3) is 16.7 Å². The van der Waals surface area contributed by atoms with Crippen molar-refractivity contribution in [2.45, 2.75) is 46.5 Å². The number of imidazole rings is 1. The highest BCUT2D eigenvalue weighted by Gasteiger charge is 2.34. The summed E-state index contributed by atoms with van der Waals surface area (Å²) in [6, 6.07) is 8.10. The topological polar surface area (TPSA) is 89.6 Å². The standard InChI is InChI=1S/C22H27N5O.CH4/c1-22(13-23)9-11-26(12-10-22)21-15-6-4-5-14(15)18(19(24)28)20-25-16-7-2-3-8-17(16)27(20)21;/h2-3,7-8H,4-6,9-13,23H2,1H3,(H2,24,28);1H4. The van der Waals surface area contributed by atoms with Crippen molar-refractivity contribution in [3.05, 3.63) is 41.0 Å². The molecule has 1 aliphatic heterocycles. The van der Waals surface area contributed by atoms with Crippen LogP contribution in [-0.2, 0) is 12.8 Å². The zero-order valence-corrected chi connectivity index (χ0v) is 16.4. The van der Waals surface area contributed by atoms with Gasteiger partial charge in [-0.25, -0.2) is 4.98 Å². The third kappa shape index (κ3) is 2.89. The van der Waals surface area contributed by atoms with Crippen molar-refractivity contribution in [2.75, 3.05) is 24.5 Å². The molecule has 4 N–H and O–H groups in total. The molecule has 154 valence electrons. The number of para-hydroxylation sites is 2. The van der Waals surface area contributed by atoms with Gasteiger partial charge >= 0.3 is 0 Å². The minimum Gasteiger partial charge on any atom is -0.365 e. The fourth-order valence-corrected chi connectivity index (χ4v) is 5.00. The van der Waals surface area contributed by atoms with Crippen LogP contribution >= 0.6 is 0 Å². The second-order valence-electron chi connectivity index (χ2n) is 8.63. The molecule has 29 heavy (non-hydrogen) atoms. The Balaban J connectivity index is 0.00000205. The monoisotopic (exact) mass is 393 g/mol. The number of hydrogen-bond acceptors (Lipinski definition) is 4. The van der Waals surface area contributed by atoms with Gasteiger partial charge in [-0.1, -0.05) is 26.5 Å². The molecule has 6 nitrogen and oxygen atoms in total. The van der Waals surface area contributed by atoms with Crippen LogP contribution in [0.4, 0.5) is 5.82 Å². The third-order valence-electron chi connectivity index (χ3n) is 6.80. The predicted molar refractivity (Wildman–Crippen MR) is 119 cm³/mol. The maximum Gasteiger partial charge on any atom is 0.252 e. The number of carbonyl (C=O) groups is 1. The largest absolute Gasteiger partial charge is 0.365 e. The molecule has 1 amide bonds. The van der Waals surface area contributed by atoms with E-state index in [-0.39, 0.29) is 18.7 Å². The van der Waals surface area contributed by atoms with Crippen molar-refractivity contribution < 1.29 is 4.79 Å². The van der Waals surface area contributed by atoms with Crippen molar-refractivity contribution in [1.29, 1.82) is 0 Å². The number of hydrogen-bond donors (Lipinski definition) is 2. The van der Waals surface area contributed by atoms with E-state index in [2.05, 4.69) is 22.3 Å². The lowest BCUT2D eigenvalue weighted by molar-refractivity contribution is 0.100. The highest BCUT2D eigenvalue weighted by molar-refractivity contribution is 6.03. The lowest BCUT2D eigenvalue weighted by atomic mass is 9.80. The zero-order chi connectivity index (χ0) is 19.5. The Morgan fingerprint density at radius 1 is 1.17 bits per heavy atom. The molecule has 3 heterocycles. The molecule has 0 radical (unpaired) electrons. The predicted octanol–water partition coefficient (Wildman–Crippen LogP) is 3.28. The van der Waals surface area contributed by atoms with Crippen LogP contribution in [0.2, 0.25) is 0 Å². The van der Waals surface area contributed by atoms with E-state index in [1.165, 1.54) is 11.4 Å². The number of aromatic nitrogens is 2. The quantitative estimate of drug-likeness (QED) is 0.715. The van der Waals surface area contributed by atoms with Gasteiger partial charge in [-0.3, -0.25) is 9.20 Å². The van der Waals surface area contributed by atoms with E-state index in [0.717, 1.165) is 68.3 Å². The van der Waals surface area contributed by atoms with E-state index in [1.807, 2.05) is 18.2 Å². The van der Waals surface area contributed by atoms with Crippen molar-refractivity contribution in [3.8, 4) is 0 Å². The van der Waals surface area contributed by atoms with E-state index in [1.54, 1.807) is 0 Å². The Morgan fingerprint density at radius 3 is 2.55 bits per heavy atom. The van der Waals surface area contributed by atoms with Gasteiger partial charge in [-0.15, -0.1) is 0 Å². The Labute approximate surface area is 171 Å². The molecule has 1 fully saturated rings. The summed E-state index contributed by atoms with van der Waals surface area (Å²) in [6.45, 7) is 4.95. The van der Waals surface area contributed by atoms with E-state index >= 15 is 0 Å². The van der Waals surface area contributed by atoms with Gasteiger partial charge in [0.25, 0.3) is 5.91 Å². The number of nitrogens with zero attached hydrogens (tertiary/aromatic N) is 3. The molecule has 0 saturated carbocycles. The summed E-state index contributed by atoms with van der Waals surface area (Å²) in [5, 5.41) is 0. The molecule has 3 aromatic rings. The number of carbonyl (C=O) groups excluding carboxylic acids is 1. The van der Waals surface area contributed by atoms with Gasteiger partial charge in [-0.05, 0) is 67.3 Å². The lowest BCUT2D eigenvalue weighted by Gasteiger charge is -2.40. The molecule has 0 unspecified atom stereocenters. The normalized spacial score (nSPS) is 18.1. The first-order valence-electron chi connectivity index (χ1n) is 10.2. The number of fused-ring (bicyclic) bond motifs is 4. The summed E-state index contributed by atoms with van der Waals surface area (Å²) in [4.78, 5) is 19.7. The van der Waals surface area contributed by atoms with E-state index in [0.29, 0.717) is 11.2 Å². The molecule has 2 aliphatic rings. The van der Waals surface area contributed by atoms with Gasteiger partial charge in [0.2, 0.25) is 0 Å². The van der Waals surface area contributed by atoms with Gasteiger partial charge in [0.1, 0.15) is 5.82 Å².